The molecule has 0 atom stereocenters. The number of esters is 1. The predicted molar refractivity (Wildman–Crippen MR) is 114 cm³/mol. The smallest absolute Gasteiger partial charge is 0.340 e. The summed E-state index contributed by atoms with van der Waals surface area (Å²) in [5.41, 5.74) is 1.83. The Bertz CT molecular complexity index is 1150. The topological polar surface area (TPSA) is 115 Å². The van der Waals surface area contributed by atoms with Crippen LogP contribution in [-0.4, -0.2) is 45.2 Å². The monoisotopic (exact) mass is 421 g/mol. The standard InChI is InChI=1S/C22H23N5O4/c1-13(2)27-20-15(11-24-27)8-16(10-23-20)22(30)31-12-19(28)25-18-5-3-4-14(9-18)21(29)26-17-6-7-17/h3-5,8-11,13,17H,6-7,12H2,1-2H3,(H,25,28)(H,26,29). The lowest BCUT2D eigenvalue weighted by atomic mass is 10.2. The molecular weight excluding hydrogens is 398 g/mol. The molecule has 1 aliphatic rings. The Morgan fingerprint density at radius 3 is 2.71 bits per heavy atom. The molecule has 31 heavy (non-hydrogen) atoms. The minimum Gasteiger partial charge on any atom is -0.452 e. The maximum Gasteiger partial charge on any atom is 0.340 e. The van der Waals surface area contributed by atoms with Gasteiger partial charge in [-0.2, -0.15) is 5.10 Å². The molecule has 3 aromatic rings. The van der Waals surface area contributed by atoms with Crippen molar-refractivity contribution in [1.82, 2.24) is 20.1 Å². The number of hydrogen-bond acceptors (Lipinski definition) is 6. The highest BCUT2D eigenvalue weighted by molar-refractivity contribution is 5.99. The molecule has 0 aliphatic heterocycles. The Labute approximate surface area is 178 Å². The first kappa shape index (κ1) is 20.5. The van der Waals surface area contributed by atoms with Gasteiger partial charge in [-0.1, -0.05) is 6.07 Å². The molecule has 9 nitrogen and oxygen atoms in total. The normalized spacial score (nSPS) is 13.3. The SMILES string of the molecule is CC(C)n1ncc2cc(C(=O)OCC(=O)Nc3cccc(C(=O)NC4CC4)c3)cnc21. The van der Waals surface area contributed by atoms with E-state index in [1.165, 1.54) is 6.20 Å². The predicted octanol–water partition coefficient (Wildman–Crippen LogP) is 2.70. The van der Waals surface area contributed by atoms with Crippen LogP contribution in [0.1, 0.15) is 53.4 Å². The average Bonchev–Trinajstić information content (AvgIpc) is 3.46. The molecule has 1 aromatic carbocycles. The molecule has 1 saturated carbocycles. The highest BCUT2D eigenvalue weighted by Gasteiger charge is 2.24. The highest BCUT2D eigenvalue weighted by atomic mass is 16.5. The Balaban J connectivity index is 1.33. The van der Waals surface area contributed by atoms with E-state index in [0.29, 0.717) is 22.3 Å². The number of carbonyl (C=O) groups excluding carboxylic acids is 3. The average molecular weight is 421 g/mol. The molecule has 2 heterocycles. The summed E-state index contributed by atoms with van der Waals surface area (Å²) in [5.74, 6) is -1.33. The third kappa shape index (κ3) is 4.88. The third-order valence-electron chi connectivity index (χ3n) is 4.81. The molecule has 0 spiro atoms. The number of amides is 2. The second-order valence-electron chi connectivity index (χ2n) is 7.77. The van der Waals surface area contributed by atoms with Gasteiger partial charge in [-0.25, -0.2) is 14.5 Å². The number of aromatic nitrogens is 3. The van der Waals surface area contributed by atoms with Crippen molar-refractivity contribution in [2.45, 2.75) is 38.8 Å². The first-order chi connectivity index (χ1) is 14.9. The molecule has 0 bridgehead atoms. The molecule has 1 aliphatic carbocycles. The number of fused-ring (bicyclic) bond motifs is 1. The highest BCUT2D eigenvalue weighted by Crippen LogP contribution is 2.20. The number of benzene rings is 1. The van der Waals surface area contributed by atoms with Crippen LogP contribution in [0.2, 0.25) is 0 Å². The molecule has 160 valence electrons. The summed E-state index contributed by atoms with van der Waals surface area (Å²) in [4.78, 5) is 40.9. The van der Waals surface area contributed by atoms with Gasteiger partial charge in [0.05, 0.1) is 11.8 Å². The van der Waals surface area contributed by atoms with Gasteiger partial charge in [-0.05, 0) is 51.0 Å². The lowest BCUT2D eigenvalue weighted by Gasteiger charge is -2.09. The molecule has 2 N–H and O–H groups in total. The quantitative estimate of drug-likeness (QED) is 0.567. The minimum atomic E-state index is -0.653. The van der Waals surface area contributed by atoms with Crippen molar-refractivity contribution in [1.29, 1.82) is 0 Å². The molecular formula is C22H23N5O4. The van der Waals surface area contributed by atoms with E-state index in [4.69, 9.17) is 4.74 Å². The molecule has 0 radical (unpaired) electrons. The van der Waals surface area contributed by atoms with Crippen molar-refractivity contribution in [3.8, 4) is 0 Å². The van der Waals surface area contributed by atoms with Crippen LogP contribution in [0.3, 0.4) is 0 Å². The summed E-state index contributed by atoms with van der Waals surface area (Å²) < 4.78 is 6.87. The van der Waals surface area contributed by atoms with Gasteiger partial charge in [0.2, 0.25) is 0 Å². The molecule has 2 aromatic heterocycles. The Hall–Kier alpha value is -3.75. The van der Waals surface area contributed by atoms with E-state index in [0.717, 1.165) is 12.8 Å². The van der Waals surface area contributed by atoms with Crippen LogP contribution >= 0.6 is 0 Å². The number of nitrogens with one attached hydrogen (secondary N) is 2. The fourth-order valence-corrected chi connectivity index (χ4v) is 3.08. The zero-order chi connectivity index (χ0) is 22.0. The third-order valence-corrected chi connectivity index (χ3v) is 4.81. The maximum atomic E-state index is 12.3. The van der Waals surface area contributed by atoms with E-state index in [2.05, 4.69) is 20.7 Å². The Morgan fingerprint density at radius 2 is 1.97 bits per heavy atom. The van der Waals surface area contributed by atoms with E-state index >= 15 is 0 Å². The van der Waals surface area contributed by atoms with Gasteiger partial charge in [-0.3, -0.25) is 9.59 Å². The minimum absolute atomic E-state index is 0.143. The number of hydrogen-bond donors (Lipinski definition) is 2. The van der Waals surface area contributed by atoms with Gasteiger partial charge < -0.3 is 15.4 Å². The number of rotatable bonds is 7. The van der Waals surface area contributed by atoms with Crippen LogP contribution in [0.25, 0.3) is 11.0 Å². The second kappa shape index (κ2) is 8.55. The summed E-state index contributed by atoms with van der Waals surface area (Å²) >= 11 is 0. The number of nitrogens with zero attached hydrogens (tertiary/aromatic N) is 3. The summed E-state index contributed by atoms with van der Waals surface area (Å²) in [6, 6.07) is 8.64. The fraction of sp³-hybridized carbons (Fsp3) is 0.318. The van der Waals surface area contributed by atoms with Crippen LogP contribution in [0.5, 0.6) is 0 Å². The first-order valence-corrected chi connectivity index (χ1v) is 10.1. The van der Waals surface area contributed by atoms with Crippen LogP contribution < -0.4 is 10.6 Å². The Morgan fingerprint density at radius 1 is 1.16 bits per heavy atom. The summed E-state index contributed by atoms with van der Waals surface area (Å²) in [7, 11) is 0. The van der Waals surface area contributed by atoms with Gasteiger partial charge in [-0.15, -0.1) is 0 Å². The van der Waals surface area contributed by atoms with Gasteiger partial charge >= 0.3 is 5.97 Å². The van der Waals surface area contributed by atoms with Crippen LogP contribution in [0.15, 0.2) is 42.7 Å². The number of ether oxygens (including phenoxy) is 1. The summed E-state index contributed by atoms with van der Waals surface area (Å²) in [6.07, 6.45) is 5.04. The van der Waals surface area contributed by atoms with Crippen molar-refractivity contribution in [2.75, 3.05) is 11.9 Å². The lowest BCUT2D eigenvalue weighted by Crippen LogP contribution is -2.25. The second-order valence-corrected chi connectivity index (χ2v) is 7.77. The van der Waals surface area contributed by atoms with Gasteiger partial charge in [0.1, 0.15) is 0 Å². The summed E-state index contributed by atoms with van der Waals surface area (Å²) in [6.45, 7) is 3.52. The van der Waals surface area contributed by atoms with Crippen LogP contribution in [-0.2, 0) is 9.53 Å². The van der Waals surface area contributed by atoms with E-state index in [1.807, 2.05) is 13.8 Å². The van der Waals surface area contributed by atoms with Crippen molar-refractivity contribution in [3.63, 3.8) is 0 Å². The van der Waals surface area contributed by atoms with E-state index in [-0.39, 0.29) is 23.6 Å². The van der Waals surface area contributed by atoms with E-state index < -0.39 is 18.5 Å². The first-order valence-electron chi connectivity index (χ1n) is 10.1. The van der Waals surface area contributed by atoms with Gasteiger partial charge in [0.15, 0.2) is 12.3 Å². The van der Waals surface area contributed by atoms with Crippen molar-refractivity contribution >= 4 is 34.5 Å². The molecule has 0 saturated heterocycles. The molecule has 9 heteroatoms. The zero-order valence-electron chi connectivity index (χ0n) is 17.3. The number of pyridine rings is 1. The summed E-state index contributed by atoms with van der Waals surface area (Å²) in [5, 5.41) is 10.5. The molecule has 4 rings (SSSR count). The van der Waals surface area contributed by atoms with E-state index in [1.54, 1.807) is 41.2 Å². The van der Waals surface area contributed by atoms with Crippen molar-refractivity contribution in [2.24, 2.45) is 0 Å². The van der Waals surface area contributed by atoms with Gasteiger partial charge in [0, 0.05) is 34.9 Å². The Kier molecular flexibility index (Phi) is 5.66. The van der Waals surface area contributed by atoms with Crippen molar-refractivity contribution in [3.05, 3.63) is 53.9 Å². The largest absolute Gasteiger partial charge is 0.452 e. The number of carbonyl (C=O) groups is 3. The lowest BCUT2D eigenvalue weighted by molar-refractivity contribution is -0.119. The van der Waals surface area contributed by atoms with E-state index in [9.17, 15) is 14.4 Å². The maximum absolute atomic E-state index is 12.3. The van der Waals surface area contributed by atoms with Gasteiger partial charge in [0.25, 0.3) is 11.8 Å². The molecule has 1 fully saturated rings. The number of anilines is 1. The molecule has 2 amide bonds. The fourth-order valence-electron chi connectivity index (χ4n) is 3.08. The zero-order valence-corrected chi connectivity index (χ0v) is 17.3. The van der Waals surface area contributed by atoms with Crippen LogP contribution in [0.4, 0.5) is 5.69 Å². The van der Waals surface area contributed by atoms with Crippen molar-refractivity contribution < 1.29 is 19.1 Å². The van der Waals surface area contributed by atoms with Crippen LogP contribution in [0, 0.1) is 0 Å². The molecule has 0 unspecified atom stereocenters.